The van der Waals surface area contributed by atoms with E-state index in [0.29, 0.717) is 18.7 Å². The Bertz CT molecular complexity index is 1360. The Morgan fingerprint density at radius 2 is 2.12 bits per heavy atom. The topological polar surface area (TPSA) is 128 Å². The number of hydrogen-bond donors (Lipinski definition) is 3. The van der Waals surface area contributed by atoms with Crippen molar-refractivity contribution in [1.29, 1.82) is 0 Å². The lowest BCUT2D eigenvalue weighted by Gasteiger charge is -2.28. The van der Waals surface area contributed by atoms with Gasteiger partial charge in [-0.3, -0.25) is 4.79 Å². The van der Waals surface area contributed by atoms with Gasteiger partial charge >= 0.3 is 0 Å². The number of methoxy groups -OCH3 is 1. The van der Waals surface area contributed by atoms with Crippen molar-refractivity contribution in [3.8, 4) is 28.3 Å². The zero-order chi connectivity index (χ0) is 27.1. The minimum Gasteiger partial charge on any atom is -0.496 e. The summed E-state index contributed by atoms with van der Waals surface area (Å²) in [5.41, 5.74) is 11.9. The molecule has 5 N–H and O–H groups in total. The number of nitrogens with zero attached hydrogens (tertiary/aromatic N) is 3. The van der Waals surface area contributed by atoms with Crippen molar-refractivity contribution in [3.63, 3.8) is 0 Å². The largest absolute Gasteiger partial charge is 0.496 e. The number of benzene rings is 2. The first kappa shape index (κ1) is 19.8. The lowest BCUT2D eigenvalue weighted by Crippen LogP contribution is -2.33. The van der Waals surface area contributed by atoms with Crippen LogP contribution in [0.1, 0.15) is 26.6 Å². The number of ether oxygens (including phenoxy) is 1. The van der Waals surface area contributed by atoms with Crippen LogP contribution >= 0.6 is 0 Å². The molecule has 2 atom stereocenters. The molecule has 0 unspecified atom stereocenters. The molecule has 8 nitrogen and oxygen atoms in total. The molecule has 1 saturated heterocycles. The Morgan fingerprint density at radius 1 is 1.32 bits per heavy atom. The molecule has 4 rings (SSSR count). The Hall–Kier alpha value is -3.63. The number of hydrogen-bond acceptors (Lipinski definition) is 7. The third-order valence-corrected chi connectivity index (χ3v) is 5.87. The highest BCUT2D eigenvalue weighted by atomic mass is 19.1. The predicted molar refractivity (Wildman–Crippen MR) is 123 cm³/mol. The number of primary amides is 1. The fraction of sp³-hybridized carbons (Fsp3) is 0.292. The van der Waals surface area contributed by atoms with Gasteiger partial charge in [-0.25, -0.2) is 18.7 Å². The number of aliphatic hydroxyl groups is 1. The van der Waals surface area contributed by atoms with Crippen LogP contribution in [-0.2, 0) is 0 Å². The molecule has 0 bridgehead atoms. The van der Waals surface area contributed by atoms with Crippen LogP contribution < -0.4 is 21.1 Å². The lowest BCUT2D eigenvalue weighted by molar-refractivity contribution is 0.0996. The zero-order valence-corrected chi connectivity index (χ0v) is 18.3. The van der Waals surface area contributed by atoms with Crippen molar-refractivity contribution in [1.82, 2.24) is 9.97 Å². The second kappa shape index (κ2) is 9.32. The van der Waals surface area contributed by atoms with Crippen molar-refractivity contribution in [3.05, 3.63) is 59.4 Å². The smallest absolute Gasteiger partial charge is 0.268 e. The van der Waals surface area contributed by atoms with Gasteiger partial charge in [0.1, 0.15) is 23.1 Å². The molecule has 178 valence electrons. The van der Waals surface area contributed by atoms with Gasteiger partial charge in [-0.05, 0) is 43.2 Å². The highest BCUT2D eigenvalue weighted by molar-refractivity contribution is 6.00. The van der Waals surface area contributed by atoms with Crippen LogP contribution in [-0.4, -0.2) is 53.3 Å². The Kier molecular flexibility index (Phi) is 5.43. The quantitative estimate of drug-likeness (QED) is 0.503. The number of aryl methyl sites for hydroxylation is 1. The lowest BCUT2D eigenvalue weighted by atomic mass is 10.0. The number of carbonyl (C=O) groups excluding carboxylic acids is 1. The molecule has 2 aromatic carbocycles. The monoisotopic (exact) mass is 472 g/mol. The molecule has 10 heteroatoms. The molecule has 1 amide bonds. The van der Waals surface area contributed by atoms with E-state index in [2.05, 4.69) is 9.97 Å². The minimum atomic E-state index is -2.89. The van der Waals surface area contributed by atoms with Gasteiger partial charge in [0, 0.05) is 35.6 Å². The molecule has 1 fully saturated rings. The van der Waals surface area contributed by atoms with E-state index >= 15 is 4.39 Å². The van der Waals surface area contributed by atoms with E-state index in [9.17, 15) is 14.3 Å². The Morgan fingerprint density at radius 3 is 2.82 bits per heavy atom. The third kappa shape index (κ3) is 4.17. The van der Waals surface area contributed by atoms with Crippen LogP contribution in [0.15, 0.2) is 36.5 Å². The molecule has 0 spiro atoms. The SMILES string of the molecule is [2H]C([2H])([2H])Oc1ccc(C)c(F)c1-c1ncc(-c2cc(F)ccc2N2C[C@@H](N)C[C@H]2CO)c(C(N)=O)n1. The first-order valence-corrected chi connectivity index (χ1v) is 10.5. The van der Waals surface area contributed by atoms with Crippen LogP contribution in [0.5, 0.6) is 5.75 Å². The molecule has 2 heterocycles. The first-order valence-electron chi connectivity index (χ1n) is 12.0. The number of aromatic nitrogens is 2. The predicted octanol–water partition coefficient (Wildman–Crippen LogP) is 2.40. The van der Waals surface area contributed by atoms with Crippen LogP contribution in [0.25, 0.3) is 22.5 Å². The number of halogens is 2. The maximum absolute atomic E-state index is 15.2. The molecule has 34 heavy (non-hydrogen) atoms. The summed E-state index contributed by atoms with van der Waals surface area (Å²) >= 11 is 0. The fourth-order valence-corrected chi connectivity index (χ4v) is 4.24. The molecular formula is C24H25F2N5O3. The Labute approximate surface area is 199 Å². The second-order valence-electron chi connectivity index (χ2n) is 8.14. The molecule has 0 radical (unpaired) electrons. The normalized spacial score (nSPS) is 19.4. The van der Waals surface area contributed by atoms with Gasteiger partial charge in [0.2, 0.25) is 0 Å². The van der Waals surface area contributed by atoms with Gasteiger partial charge < -0.3 is 26.2 Å². The molecule has 1 aromatic heterocycles. The number of nitrogens with two attached hydrogens (primary N) is 2. The zero-order valence-electron chi connectivity index (χ0n) is 21.3. The van der Waals surface area contributed by atoms with Crippen molar-refractivity contribution >= 4 is 11.6 Å². The van der Waals surface area contributed by atoms with E-state index in [4.69, 9.17) is 20.3 Å². The average molecular weight is 473 g/mol. The molecule has 1 aliphatic rings. The van der Waals surface area contributed by atoms with Crippen molar-refractivity contribution < 1.29 is 27.5 Å². The highest BCUT2D eigenvalue weighted by Crippen LogP contribution is 2.38. The van der Waals surface area contributed by atoms with Gasteiger partial charge in [-0.15, -0.1) is 0 Å². The van der Waals surface area contributed by atoms with Crippen LogP contribution in [0.3, 0.4) is 0 Å². The van der Waals surface area contributed by atoms with Gasteiger partial charge in [0.25, 0.3) is 5.91 Å². The van der Waals surface area contributed by atoms with Gasteiger partial charge in [-0.1, -0.05) is 6.07 Å². The summed E-state index contributed by atoms with van der Waals surface area (Å²) < 4.78 is 56.7. The van der Waals surface area contributed by atoms with Gasteiger partial charge in [0.15, 0.2) is 5.82 Å². The van der Waals surface area contributed by atoms with E-state index in [0.717, 1.165) is 0 Å². The molecule has 3 aromatic rings. The summed E-state index contributed by atoms with van der Waals surface area (Å²) in [6.07, 6.45) is 1.69. The summed E-state index contributed by atoms with van der Waals surface area (Å²) in [6.45, 7) is 1.64. The number of anilines is 1. The van der Waals surface area contributed by atoms with E-state index in [1.54, 1.807) is 4.90 Å². The van der Waals surface area contributed by atoms with E-state index < -0.39 is 24.6 Å². The Balaban J connectivity index is 1.90. The standard InChI is InChI=1S/C24H25F2N5O3/c1-12-3-6-19(34-2)20(21(12)26)24-29-9-17(22(30-24)23(28)33)16-7-13(25)4-5-18(16)31-10-14(27)8-15(31)11-32/h3-7,9,14-15,32H,8,10-11,27H2,1-2H3,(H2,28,33)/t14-,15-/m0/s1/i2D3. The summed E-state index contributed by atoms with van der Waals surface area (Å²) in [7, 11) is -2.89. The number of aliphatic hydroxyl groups excluding tert-OH is 1. The third-order valence-electron chi connectivity index (χ3n) is 5.87. The first-order chi connectivity index (χ1) is 17.4. The average Bonchev–Trinajstić information content (AvgIpc) is 3.20. The van der Waals surface area contributed by atoms with Crippen molar-refractivity contribution in [2.75, 3.05) is 25.1 Å². The summed E-state index contributed by atoms with van der Waals surface area (Å²) in [5.74, 6) is -3.15. The number of carbonyl (C=O) groups is 1. The van der Waals surface area contributed by atoms with Crippen molar-refractivity contribution in [2.45, 2.75) is 25.4 Å². The molecule has 0 saturated carbocycles. The van der Waals surface area contributed by atoms with Crippen LogP contribution in [0.4, 0.5) is 14.5 Å². The van der Waals surface area contributed by atoms with Gasteiger partial charge in [0.05, 0.1) is 29.4 Å². The second-order valence-corrected chi connectivity index (χ2v) is 8.14. The molecule has 1 aliphatic heterocycles. The molecular weight excluding hydrogens is 444 g/mol. The highest BCUT2D eigenvalue weighted by Gasteiger charge is 2.32. The maximum atomic E-state index is 15.2. The maximum Gasteiger partial charge on any atom is 0.268 e. The van der Waals surface area contributed by atoms with E-state index in [-0.39, 0.29) is 58.2 Å². The summed E-state index contributed by atoms with van der Waals surface area (Å²) in [5, 5.41) is 9.83. The van der Waals surface area contributed by atoms with Gasteiger partial charge in [-0.2, -0.15) is 0 Å². The van der Waals surface area contributed by atoms with Crippen LogP contribution in [0, 0.1) is 18.6 Å². The summed E-state index contributed by atoms with van der Waals surface area (Å²) in [6, 6.07) is 5.93. The number of amides is 1. The van der Waals surface area contributed by atoms with Crippen LogP contribution in [0.2, 0.25) is 0 Å². The molecule has 0 aliphatic carbocycles. The minimum absolute atomic E-state index is 0.0641. The fourth-order valence-electron chi connectivity index (χ4n) is 4.24. The van der Waals surface area contributed by atoms with E-state index in [1.165, 1.54) is 43.5 Å². The summed E-state index contributed by atoms with van der Waals surface area (Å²) in [4.78, 5) is 22.6. The van der Waals surface area contributed by atoms with E-state index in [1.807, 2.05) is 0 Å². The number of rotatable bonds is 6. The van der Waals surface area contributed by atoms with Crippen molar-refractivity contribution in [2.24, 2.45) is 11.5 Å².